The molecule has 27 heavy (non-hydrogen) atoms. The van der Waals surface area contributed by atoms with Crippen LogP contribution in [-0.4, -0.2) is 23.3 Å². The van der Waals surface area contributed by atoms with Gasteiger partial charge in [-0.1, -0.05) is 30.3 Å². The van der Waals surface area contributed by atoms with Gasteiger partial charge in [0.1, 0.15) is 0 Å². The summed E-state index contributed by atoms with van der Waals surface area (Å²) in [5, 5.41) is 15.7. The summed E-state index contributed by atoms with van der Waals surface area (Å²) in [5.74, 6) is -0.998. The highest BCUT2D eigenvalue weighted by molar-refractivity contribution is 5.96. The number of carbonyl (C=O) groups is 2. The summed E-state index contributed by atoms with van der Waals surface area (Å²) in [6, 6.07) is 18.7. The van der Waals surface area contributed by atoms with Crippen LogP contribution in [0.25, 0.3) is 10.8 Å². The monoisotopic (exact) mass is 364 g/mol. The fraction of sp³-hybridized carbons (Fsp3) is 0.0526. The molecule has 0 heterocycles. The Morgan fingerprint density at radius 3 is 2.30 bits per heavy atom. The van der Waals surface area contributed by atoms with Crippen LogP contribution in [0.4, 0.5) is 11.4 Å². The van der Waals surface area contributed by atoms with Crippen LogP contribution >= 0.6 is 0 Å². The molecule has 136 valence electrons. The van der Waals surface area contributed by atoms with Crippen molar-refractivity contribution in [1.29, 1.82) is 0 Å². The number of rotatable bonds is 5. The number of anilines is 1. The van der Waals surface area contributed by atoms with Crippen molar-refractivity contribution in [2.45, 2.75) is 0 Å². The van der Waals surface area contributed by atoms with Gasteiger partial charge in [-0.05, 0) is 35.0 Å². The Kier molecular flexibility index (Phi) is 5.27. The smallest absolute Gasteiger partial charge is 0.269 e. The molecule has 3 aromatic rings. The quantitative estimate of drug-likeness (QED) is 0.476. The molecule has 0 unspecified atom stereocenters. The molecule has 8 nitrogen and oxygen atoms in total. The second-order valence-electron chi connectivity index (χ2n) is 5.72. The number of carbonyl (C=O) groups excluding carboxylic acids is 2. The molecular weight excluding hydrogens is 348 g/mol. The summed E-state index contributed by atoms with van der Waals surface area (Å²) in [4.78, 5) is 33.9. The predicted octanol–water partition coefficient (Wildman–Crippen LogP) is 2.62. The first-order valence-corrected chi connectivity index (χ1v) is 8.09. The zero-order valence-electron chi connectivity index (χ0n) is 14.1. The van der Waals surface area contributed by atoms with E-state index in [0.717, 1.165) is 16.5 Å². The zero-order valence-corrected chi connectivity index (χ0v) is 14.1. The zero-order chi connectivity index (χ0) is 19.2. The van der Waals surface area contributed by atoms with Crippen LogP contribution in [0.3, 0.4) is 0 Å². The Morgan fingerprint density at radius 2 is 1.59 bits per heavy atom. The van der Waals surface area contributed by atoms with Crippen LogP contribution in [-0.2, 0) is 4.79 Å². The third-order valence-corrected chi connectivity index (χ3v) is 3.86. The van der Waals surface area contributed by atoms with E-state index in [9.17, 15) is 19.7 Å². The van der Waals surface area contributed by atoms with Crippen molar-refractivity contribution in [3.63, 3.8) is 0 Å². The number of nitrogens with zero attached hydrogens (tertiary/aromatic N) is 1. The number of hydrogen-bond acceptors (Lipinski definition) is 5. The molecule has 0 aliphatic carbocycles. The fourth-order valence-corrected chi connectivity index (χ4v) is 2.46. The van der Waals surface area contributed by atoms with Gasteiger partial charge >= 0.3 is 0 Å². The number of amides is 2. The fourth-order valence-electron chi connectivity index (χ4n) is 2.46. The second-order valence-corrected chi connectivity index (χ2v) is 5.72. The molecule has 2 amide bonds. The van der Waals surface area contributed by atoms with Gasteiger partial charge < -0.3 is 5.32 Å². The molecule has 0 bridgehead atoms. The van der Waals surface area contributed by atoms with E-state index in [0.29, 0.717) is 0 Å². The van der Waals surface area contributed by atoms with E-state index in [1.807, 2.05) is 42.5 Å². The molecule has 0 fully saturated rings. The van der Waals surface area contributed by atoms with Gasteiger partial charge in [0, 0.05) is 23.4 Å². The number of benzene rings is 3. The number of fused-ring (bicyclic) bond motifs is 1. The molecule has 3 aromatic carbocycles. The number of hydrogen-bond donors (Lipinski definition) is 3. The van der Waals surface area contributed by atoms with Crippen molar-refractivity contribution in [2.75, 3.05) is 11.9 Å². The number of hydrazine groups is 1. The molecular formula is C19H16N4O4. The Labute approximate surface area is 154 Å². The maximum atomic E-state index is 11.9. The maximum absolute atomic E-state index is 11.9. The van der Waals surface area contributed by atoms with Gasteiger partial charge in [0.25, 0.3) is 17.5 Å². The van der Waals surface area contributed by atoms with E-state index in [1.165, 1.54) is 24.3 Å². The van der Waals surface area contributed by atoms with Gasteiger partial charge in [-0.15, -0.1) is 0 Å². The van der Waals surface area contributed by atoms with E-state index >= 15 is 0 Å². The summed E-state index contributed by atoms with van der Waals surface area (Å²) in [5.41, 5.74) is 5.42. The van der Waals surface area contributed by atoms with Gasteiger partial charge in [0.2, 0.25) is 0 Å². The highest BCUT2D eigenvalue weighted by Gasteiger charge is 2.10. The summed E-state index contributed by atoms with van der Waals surface area (Å²) < 4.78 is 0. The van der Waals surface area contributed by atoms with E-state index in [4.69, 9.17) is 0 Å². The molecule has 0 aliphatic rings. The van der Waals surface area contributed by atoms with Gasteiger partial charge in [-0.2, -0.15) is 0 Å². The molecule has 0 aromatic heterocycles. The SMILES string of the molecule is O=C(CNc1ccc2ccccc2c1)NNC(=O)c1ccc([N+](=O)[O-])cc1. The summed E-state index contributed by atoms with van der Waals surface area (Å²) in [7, 11) is 0. The Bertz CT molecular complexity index is 1000. The lowest BCUT2D eigenvalue weighted by Crippen LogP contribution is -2.44. The van der Waals surface area contributed by atoms with Crippen molar-refractivity contribution >= 4 is 34.0 Å². The molecule has 0 radical (unpaired) electrons. The lowest BCUT2D eigenvalue weighted by Gasteiger charge is -2.10. The number of nitro benzene ring substituents is 1. The summed E-state index contributed by atoms with van der Waals surface area (Å²) >= 11 is 0. The molecule has 0 aliphatic heterocycles. The van der Waals surface area contributed by atoms with Crippen molar-refractivity contribution < 1.29 is 14.5 Å². The molecule has 0 atom stereocenters. The van der Waals surface area contributed by atoms with Gasteiger partial charge in [-0.3, -0.25) is 30.6 Å². The molecule has 0 saturated heterocycles. The molecule has 8 heteroatoms. The molecule has 0 saturated carbocycles. The van der Waals surface area contributed by atoms with Crippen LogP contribution < -0.4 is 16.2 Å². The van der Waals surface area contributed by atoms with E-state index in [1.54, 1.807) is 0 Å². The van der Waals surface area contributed by atoms with Crippen LogP contribution in [0.5, 0.6) is 0 Å². The predicted molar refractivity (Wildman–Crippen MR) is 101 cm³/mol. The maximum Gasteiger partial charge on any atom is 0.269 e. The average molecular weight is 364 g/mol. The third kappa shape index (κ3) is 4.57. The normalized spacial score (nSPS) is 10.2. The van der Waals surface area contributed by atoms with E-state index in [-0.39, 0.29) is 17.8 Å². The summed E-state index contributed by atoms with van der Waals surface area (Å²) in [6.07, 6.45) is 0. The highest BCUT2D eigenvalue weighted by atomic mass is 16.6. The molecule has 0 spiro atoms. The van der Waals surface area contributed by atoms with Crippen molar-refractivity contribution in [3.05, 3.63) is 82.4 Å². The van der Waals surface area contributed by atoms with Crippen molar-refractivity contribution in [3.8, 4) is 0 Å². The van der Waals surface area contributed by atoms with E-state index < -0.39 is 16.7 Å². The standard InChI is InChI=1S/C19H16N4O4/c24-18(12-20-16-8-5-13-3-1-2-4-15(13)11-16)21-22-19(25)14-6-9-17(10-7-14)23(26)27/h1-11,20H,12H2,(H,21,24)(H,22,25). The number of non-ortho nitro benzene ring substituents is 1. The second kappa shape index (κ2) is 7.96. The Morgan fingerprint density at radius 1 is 0.889 bits per heavy atom. The first-order valence-electron chi connectivity index (χ1n) is 8.09. The highest BCUT2D eigenvalue weighted by Crippen LogP contribution is 2.18. The third-order valence-electron chi connectivity index (χ3n) is 3.86. The first-order chi connectivity index (χ1) is 13.0. The lowest BCUT2D eigenvalue weighted by molar-refractivity contribution is -0.384. The van der Waals surface area contributed by atoms with Gasteiger partial charge in [0.15, 0.2) is 0 Å². The van der Waals surface area contributed by atoms with Gasteiger partial charge in [0.05, 0.1) is 11.5 Å². The van der Waals surface area contributed by atoms with Crippen LogP contribution in [0.2, 0.25) is 0 Å². The Hall–Kier alpha value is -3.94. The topological polar surface area (TPSA) is 113 Å². The van der Waals surface area contributed by atoms with E-state index in [2.05, 4.69) is 16.2 Å². The van der Waals surface area contributed by atoms with Crippen molar-refractivity contribution in [2.24, 2.45) is 0 Å². The van der Waals surface area contributed by atoms with Crippen LogP contribution in [0.15, 0.2) is 66.7 Å². The molecule has 3 N–H and O–H groups in total. The number of nitro groups is 1. The van der Waals surface area contributed by atoms with Crippen LogP contribution in [0.1, 0.15) is 10.4 Å². The molecule has 3 rings (SSSR count). The number of nitrogens with one attached hydrogen (secondary N) is 3. The average Bonchev–Trinajstić information content (AvgIpc) is 2.70. The first kappa shape index (κ1) is 17.9. The Balaban J connectivity index is 1.49. The minimum Gasteiger partial charge on any atom is -0.376 e. The van der Waals surface area contributed by atoms with Crippen LogP contribution in [0, 0.1) is 10.1 Å². The van der Waals surface area contributed by atoms with Gasteiger partial charge in [-0.25, -0.2) is 0 Å². The minimum absolute atomic E-state index is 0.0289. The summed E-state index contributed by atoms with van der Waals surface area (Å²) in [6.45, 7) is -0.0289. The minimum atomic E-state index is -0.566. The van der Waals surface area contributed by atoms with Crippen molar-refractivity contribution in [1.82, 2.24) is 10.9 Å². The largest absolute Gasteiger partial charge is 0.376 e. The lowest BCUT2D eigenvalue weighted by atomic mass is 10.1.